The molecular formula is C9H16N2O7. The molecular weight excluding hydrogens is 248 g/mol. The Morgan fingerprint density at radius 3 is 1.83 bits per heavy atom. The second kappa shape index (κ2) is 9.87. The summed E-state index contributed by atoms with van der Waals surface area (Å²) in [5, 5.41) is 28.6. The van der Waals surface area contributed by atoms with Crippen molar-refractivity contribution in [1.82, 2.24) is 10.6 Å². The van der Waals surface area contributed by atoms with Crippen LogP contribution in [0.3, 0.4) is 0 Å². The maximum Gasteiger partial charge on any atom is 0.326 e. The third-order valence-corrected chi connectivity index (χ3v) is 1.48. The van der Waals surface area contributed by atoms with E-state index in [9.17, 15) is 14.4 Å². The molecule has 5 N–H and O–H groups in total. The molecule has 0 bridgehead atoms. The lowest BCUT2D eigenvalue weighted by molar-refractivity contribution is -0.140. The fraction of sp³-hybridized carbons (Fsp3) is 0.556. The van der Waals surface area contributed by atoms with Crippen LogP contribution in [0.15, 0.2) is 0 Å². The van der Waals surface area contributed by atoms with Crippen molar-refractivity contribution in [3.8, 4) is 0 Å². The zero-order valence-corrected chi connectivity index (χ0v) is 9.97. The van der Waals surface area contributed by atoms with E-state index >= 15 is 0 Å². The monoisotopic (exact) mass is 264 g/mol. The van der Waals surface area contributed by atoms with Crippen LogP contribution < -0.4 is 10.6 Å². The average molecular weight is 264 g/mol. The summed E-state index contributed by atoms with van der Waals surface area (Å²) < 4.78 is 0. The number of carboxylic acids is 3. The Morgan fingerprint density at radius 2 is 1.56 bits per heavy atom. The average Bonchev–Trinajstić information content (AvgIpc) is 2.22. The molecule has 0 radical (unpaired) electrons. The van der Waals surface area contributed by atoms with Crippen LogP contribution in [0, 0.1) is 0 Å². The summed E-state index contributed by atoms with van der Waals surface area (Å²) >= 11 is 0. The number of hydrogen-bond acceptors (Lipinski definition) is 4. The lowest BCUT2D eigenvalue weighted by atomic mass is 10.1. The largest absolute Gasteiger partial charge is 0.481 e. The molecule has 9 heteroatoms. The van der Waals surface area contributed by atoms with Crippen molar-refractivity contribution in [3.05, 3.63) is 0 Å². The summed E-state index contributed by atoms with van der Waals surface area (Å²) in [5.41, 5.74) is 0. The molecule has 0 fully saturated rings. The number of carbonyl (C=O) groups is 4. The Kier molecular flexibility index (Phi) is 9.91. The van der Waals surface area contributed by atoms with E-state index in [1.807, 2.05) is 0 Å². The molecule has 0 aromatic rings. The van der Waals surface area contributed by atoms with Gasteiger partial charge in [0.2, 0.25) is 0 Å². The van der Waals surface area contributed by atoms with Crippen LogP contribution in [0.25, 0.3) is 0 Å². The second-order valence-corrected chi connectivity index (χ2v) is 3.07. The van der Waals surface area contributed by atoms with E-state index in [4.69, 9.17) is 20.1 Å². The van der Waals surface area contributed by atoms with Crippen LogP contribution in [0.1, 0.15) is 19.8 Å². The maximum absolute atomic E-state index is 10.7. The van der Waals surface area contributed by atoms with Gasteiger partial charge in [0.05, 0.1) is 0 Å². The summed E-state index contributed by atoms with van der Waals surface area (Å²) in [6.45, 7) is 1.08. The fourth-order valence-corrected chi connectivity index (χ4v) is 0.756. The maximum atomic E-state index is 10.7. The van der Waals surface area contributed by atoms with Crippen LogP contribution in [-0.2, 0) is 14.4 Å². The molecule has 0 aliphatic carbocycles. The van der Waals surface area contributed by atoms with Gasteiger partial charge >= 0.3 is 18.0 Å². The van der Waals surface area contributed by atoms with Crippen molar-refractivity contribution in [2.75, 3.05) is 7.05 Å². The fourth-order valence-electron chi connectivity index (χ4n) is 0.756. The molecule has 104 valence electrons. The Hall–Kier alpha value is -2.32. The van der Waals surface area contributed by atoms with Gasteiger partial charge in [0.1, 0.15) is 6.04 Å². The van der Waals surface area contributed by atoms with Gasteiger partial charge in [-0.05, 0) is 6.42 Å². The highest BCUT2D eigenvalue weighted by Crippen LogP contribution is 1.97. The second-order valence-electron chi connectivity index (χ2n) is 3.07. The first-order valence-electron chi connectivity index (χ1n) is 4.83. The highest BCUT2D eigenvalue weighted by molar-refractivity contribution is 5.82. The molecule has 0 aromatic carbocycles. The number of rotatable bonds is 5. The van der Waals surface area contributed by atoms with Crippen LogP contribution in [-0.4, -0.2) is 52.3 Å². The van der Waals surface area contributed by atoms with Crippen LogP contribution >= 0.6 is 0 Å². The minimum absolute atomic E-state index is 0.141. The van der Waals surface area contributed by atoms with E-state index in [-0.39, 0.29) is 12.8 Å². The zero-order chi connectivity index (χ0) is 14.7. The SMILES string of the molecule is CC(=O)O.CNC(=O)NC(CCC(=O)O)C(=O)O. The van der Waals surface area contributed by atoms with Gasteiger partial charge in [-0.15, -0.1) is 0 Å². The Balaban J connectivity index is 0. The molecule has 9 nitrogen and oxygen atoms in total. The van der Waals surface area contributed by atoms with Gasteiger partial charge < -0.3 is 26.0 Å². The number of amides is 2. The first-order chi connectivity index (χ1) is 8.20. The van der Waals surface area contributed by atoms with Gasteiger partial charge in [0.15, 0.2) is 0 Å². The minimum atomic E-state index is -1.25. The van der Waals surface area contributed by atoms with Gasteiger partial charge in [-0.3, -0.25) is 9.59 Å². The van der Waals surface area contributed by atoms with Gasteiger partial charge in [-0.1, -0.05) is 0 Å². The van der Waals surface area contributed by atoms with Gasteiger partial charge in [-0.25, -0.2) is 9.59 Å². The number of carbonyl (C=O) groups excluding carboxylic acids is 1. The summed E-state index contributed by atoms with van der Waals surface area (Å²) in [4.78, 5) is 40.4. The molecule has 0 saturated heterocycles. The Morgan fingerprint density at radius 1 is 1.11 bits per heavy atom. The first kappa shape index (κ1) is 18.1. The van der Waals surface area contributed by atoms with Crippen molar-refractivity contribution >= 4 is 23.9 Å². The molecule has 0 heterocycles. The lowest BCUT2D eigenvalue weighted by Gasteiger charge is -2.12. The quantitative estimate of drug-likeness (QED) is 0.441. The number of urea groups is 1. The van der Waals surface area contributed by atoms with Gasteiger partial charge in [-0.2, -0.15) is 0 Å². The van der Waals surface area contributed by atoms with Crippen molar-refractivity contribution in [3.63, 3.8) is 0 Å². The van der Waals surface area contributed by atoms with Crippen molar-refractivity contribution in [2.45, 2.75) is 25.8 Å². The summed E-state index contributed by atoms with van der Waals surface area (Å²) in [6.07, 6.45) is -0.445. The van der Waals surface area contributed by atoms with Crippen LogP contribution in [0.2, 0.25) is 0 Å². The summed E-state index contributed by atoms with van der Waals surface area (Å²) in [6, 6.07) is -1.83. The molecule has 0 rings (SSSR count). The number of aliphatic carboxylic acids is 3. The van der Waals surface area contributed by atoms with Gasteiger partial charge in [0, 0.05) is 20.4 Å². The molecule has 18 heavy (non-hydrogen) atoms. The van der Waals surface area contributed by atoms with E-state index in [1.54, 1.807) is 0 Å². The van der Waals surface area contributed by atoms with Gasteiger partial charge in [0.25, 0.3) is 5.97 Å². The number of hydrogen-bond donors (Lipinski definition) is 5. The minimum Gasteiger partial charge on any atom is -0.481 e. The predicted octanol–water partition coefficient (Wildman–Crippen LogP) is -0.676. The molecule has 0 saturated carbocycles. The normalized spacial score (nSPS) is 10.3. The van der Waals surface area contributed by atoms with E-state index < -0.39 is 30.0 Å². The summed E-state index contributed by atoms with van der Waals surface area (Å²) in [7, 11) is 1.34. The van der Waals surface area contributed by atoms with E-state index in [0.717, 1.165) is 6.92 Å². The third kappa shape index (κ3) is 13.7. The third-order valence-electron chi connectivity index (χ3n) is 1.48. The van der Waals surface area contributed by atoms with Crippen molar-refractivity contribution in [1.29, 1.82) is 0 Å². The molecule has 0 aliphatic rings. The Bertz CT molecular complexity index is 312. The molecule has 0 spiro atoms. The topological polar surface area (TPSA) is 153 Å². The number of carboxylic acid groups (broad SMARTS) is 3. The highest BCUT2D eigenvalue weighted by Gasteiger charge is 2.19. The highest BCUT2D eigenvalue weighted by atomic mass is 16.4. The van der Waals surface area contributed by atoms with E-state index in [0.29, 0.717) is 0 Å². The smallest absolute Gasteiger partial charge is 0.326 e. The van der Waals surface area contributed by atoms with Crippen molar-refractivity contribution in [2.24, 2.45) is 0 Å². The Labute approximate surface area is 103 Å². The predicted molar refractivity (Wildman–Crippen MR) is 59.2 cm³/mol. The number of nitrogens with one attached hydrogen (secondary N) is 2. The van der Waals surface area contributed by atoms with E-state index in [2.05, 4.69) is 10.6 Å². The molecule has 0 aromatic heterocycles. The van der Waals surface area contributed by atoms with Crippen LogP contribution in [0.5, 0.6) is 0 Å². The molecule has 2 amide bonds. The molecule has 1 atom stereocenters. The first-order valence-corrected chi connectivity index (χ1v) is 4.83. The molecule has 0 aliphatic heterocycles. The van der Waals surface area contributed by atoms with E-state index in [1.165, 1.54) is 7.05 Å². The zero-order valence-electron chi connectivity index (χ0n) is 9.97. The van der Waals surface area contributed by atoms with Crippen LogP contribution in [0.4, 0.5) is 4.79 Å². The molecule has 1 unspecified atom stereocenters. The van der Waals surface area contributed by atoms with Crippen molar-refractivity contribution < 1.29 is 34.5 Å². The lowest BCUT2D eigenvalue weighted by Crippen LogP contribution is -2.45. The standard InChI is InChI=1S/C7H12N2O5.C2H4O2/c1-8-7(14)9-4(6(12)13)2-3-5(10)11;1-2(3)4/h4H,2-3H2,1H3,(H,10,11)(H,12,13)(H2,8,9,14);1H3,(H,3,4). The summed E-state index contributed by atoms with van der Waals surface area (Å²) in [5.74, 6) is -3.19.